The molecule has 0 aliphatic rings. The van der Waals surface area contributed by atoms with Crippen LogP contribution in [0.3, 0.4) is 0 Å². The van der Waals surface area contributed by atoms with E-state index < -0.39 is 17.1 Å². The maximum atomic E-state index is 13.5. The van der Waals surface area contributed by atoms with E-state index in [1.165, 1.54) is 12.1 Å². The Morgan fingerprint density at radius 1 is 1.41 bits per heavy atom. The maximum absolute atomic E-state index is 13.5. The first kappa shape index (κ1) is 11.5. The minimum Gasteiger partial charge on any atom is -0.267 e. The molecule has 0 aliphatic carbocycles. The largest absolute Gasteiger partial charge is 0.345 e. The number of hydrogen-bond acceptors (Lipinski definition) is 3. The molecule has 2 aromatic rings. The summed E-state index contributed by atoms with van der Waals surface area (Å²) in [4.78, 5) is 22.7. The smallest absolute Gasteiger partial charge is 0.267 e. The zero-order chi connectivity index (χ0) is 12.4. The van der Waals surface area contributed by atoms with Crippen LogP contribution in [-0.2, 0) is 6.54 Å². The summed E-state index contributed by atoms with van der Waals surface area (Å²) in [7, 11) is 0. The predicted octanol–water partition coefficient (Wildman–Crippen LogP) is 0.772. The van der Waals surface area contributed by atoms with Crippen LogP contribution in [0.15, 0.2) is 34.0 Å². The van der Waals surface area contributed by atoms with Crippen molar-refractivity contribution in [2.24, 2.45) is 0 Å². The van der Waals surface area contributed by atoms with Gasteiger partial charge in [-0.05, 0) is 12.1 Å². The van der Waals surface area contributed by atoms with Crippen LogP contribution in [0.25, 0.3) is 0 Å². The van der Waals surface area contributed by atoms with Gasteiger partial charge in [-0.25, -0.2) is 14.3 Å². The normalized spacial score (nSPS) is 10.5. The molecule has 1 heterocycles. The number of H-pyrrole nitrogens is 1. The number of halogens is 2. The molecule has 0 unspecified atom stereocenters. The number of aromatic amines is 1. The maximum Gasteiger partial charge on any atom is 0.345 e. The van der Waals surface area contributed by atoms with Crippen molar-refractivity contribution in [3.63, 3.8) is 0 Å². The monoisotopic (exact) mass is 255 g/mol. The predicted molar refractivity (Wildman–Crippen MR) is 59.6 cm³/mol. The Morgan fingerprint density at radius 3 is 2.82 bits per heavy atom. The summed E-state index contributed by atoms with van der Waals surface area (Å²) in [6.07, 6.45) is 0.954. The van der Waals surface area contributed by atoms with Gasteiger partial charge in [0.15, 0.2) is 0 Å². The number of benzene rings is 1. The number of nitrogens with zero attached hydrogens (tertiary/aromatic N) is 2. The highest BCUT2D eigenvalue weighted by Gasteiger charge is 2.07. The van der Waals surface area contributed by atoms with Crippen molar-refractivity contribution in [1.82, 2.24) is 14.8 Å². The lowest BCUT2D eigenvalue weighted by Crippen LogP contribution is -2.35. The first-order valence-electron chi connectivity index (χ1n) is 4.66. The third-order valence-corrected chi connectivity index (χ3v) is 2.43. The van der Waals surface area contributed by atoms with Crippen molar-refractivity contribution in [1.29, 1.82) is 0 Å². The molecule has 0 saturated heterocycles. The van der Waals surface area contributed by atoms with Crippen LogP contribution in [0.1, 0.15) is 5.56 Å². The highest BCUT2D eigenvalue weighted by atomic mass is 35.5. The average molecular weight is 256 g/mol. The SMILES string of the molecule is O=c1cn[nH]c(=O)n1Cc1ccc(Cl)cc1F. The van der Waals surface area contributed by atoms with Gasteiger partial charge in [0.1, 0.15) is 12.0 Å². The Morgan fingerprint density at radius 2 is 2.18 bits per heavy atom. The van der Waals surface area contributed by atoms with Crippen LogP contribution in [0, 0.1) is 5.82 Å². The minimum atomic E-state index is -0.688. The lowest BCUT2D eigenvalue weighted by atomic mass is 10.2. The summed E-state index contributed by atoms with van der Waals surface area (Å²) in [5.41, 5.74) is -1.08. The Labute approximate surface area is 99.5 Å². The van der Waals surface area contributed by atoms with Crippen LogP contribution in [-0.4, -0.2) is 14.8 Å². The number of aromatic nitrogens is 3. The van der Waals surface area contributed by atoms with Gasteiger partial charge in [0.2, 0.25) is 0 Å². The Balaban J connectivity index is 2.45. The van der Waals surface area contributed by atoms with E-state index in [1.807, 2.05) is 0 Å². The molecule has 0 bridgehead atoms. The molecule has 1 aromatic heterocycles. The van der Waals surface area contributed by atoms with Crippen LogP contribution >= 0.6 is 11.6 Å². The molecular formula is C10H7ClFN3O2. The summed E-state index contributed by atoms with van der Waals surface area (Å²) < 4.78 is 14.3. The van der Waals surface area contributed by atoms with Crippen molar-refractivity contribution in [2.75, 3.05) is 0 Å². The fraction of sp³-hybridized carbons (Fsp3) is 0.100. The lowest BCUT2D eigenvalue weighted by Gasteiger charge is -2.05. The first-order valence-corrected chi connectivity index (χ1v) is 5.04. The molecule has 0 aliphatic heterocycles. The van der Waals surface area contributed by atoms with Gasteiger partial charge in [0.25, 0.3) is 5.56 Å². The minimum absolute atomic E-state index is 0.167. The molecule has 1 N–H and O–H groups in total. The second kappa shape index (κ2) is 4.50. The fourth-order valence-corrected chi connectivity index (χ4v) is 1.50. The summed E-state index contributed by atoms with van der Waals surface area (Å²) >= 11 is 5.60. The second-order valence-corrected chi connectivity index (χ2v) is 3.77. The van der Waals surface area contributed by atoms with Crippen molar-refractivity contribution >= 4 is 11.6 Å². The molecule has 1 aromatic carbocycles. The van der Waals surface area contributed by atoms with Gasteiger partial charge >= 0.3 is 5.69 Å². The molecule has 2 rings (SSSR count). The van der Waals surface area contributed by atoms with E-state index in [1.54, 1.807) is 0 Å². The van der Waals surface area contributed by atoms with Gasteiger partial charge < -0.3 is 0 Å². The molecular weight excluding hydrogens is 249 g/mol. The van der Waals surface area contributed by atoms with E-state index in [9.17, 15) is 14.0 Å². The van der Waals surface area contributed by atoms with Crippen LogP contribution in [0.2, 0.25) is 5.02 Å². The highest BCUT2D eigenvalue weighted by Crippen LogP contribution is 2.14. The third kappa shape index (κ3) is 2.42. The van der Waals surface area contributed by atoms with E-state index in [0.717, 1.165) is 16.8 Å². The van der Waals surface area contributed by atoms with Crippen molar-refractivity contribution in [2.45, 2.75) is 6.54 Å². The molecule has 0 radical (unpaired) electrons. The van der Waals surface area contributed by atoms with Gasteiger partial charge in [-0.15, -0.1) is 0 Å². The third-order valence-electron chi connectivity index (χ3n) is 2.19. The molecule has 0 spiro atoms. The molecule has 88 valence electrons. The lowest BCUT2D eigenvalue weighted by molar-refractivity contribution is 0.584. The molecule has 7 heteroatoms. The van der Waals surface area contributed by atoms with Crippen molar-refractivity contribution in [3.05, 3.63) is 61.6 Å². The molecule has 17 heavy (non-hydrogen) atoms. The number of nitrogens with one attached hydrogen (secondary N) is 1. The quantitative estimate of drug-likeness (QED) is 0.862. The van der Waals surface area contributed by atoms with E-state index in [2.05, 4.69) is 10.2 Å². The van der Waals surface area contributed by atoms with E-state index in [4.69, 9.17) is 11.6 Å². The molecule has 5 nitrogen and oxygen atoms in total. The topological polar surface area (TPSA) is 67.8 Å². The summed E-state index contributed by atoms with van der Waals surface area (Å²) in [6.45, 7) is -0.167. The van der Waals surface area contributed by atoms with Gasteiger partial charge in [0.05, 0.1) is 6.54 Å². The second-order valence-electron chi connectivity index (χ2n) is 3.34. The Hall–Kier alpha value is -1.95. The molecule has 0 atom stereocenters. The standard InChI is InChI=1S/C10H7ClFN3O2/c11-7-2-1-6(8(12)3-7)5-15-9(16)4-13-14-10(15)17/h1-4H,5H2,(H,14,17). The Kier molecular flexibility index (Phi) is 3.06. The number of hydrogen-bond donors (Lipinski definition) is 1. The first-order chi connectivity index (χ1) is 8.08. The van der Waals surface area contributed by atoms with Crippen LogP contribution in [0.4, 0.5) is 4.39 Å². The molecule has 0 amide bonds. The van der Waals surface area contributed by atoms with Gasteiger partial charge in [0, 0.05) is 10.6 Å². The summed E-state index contributed by atoms with van der Waals surface area (Å²) in [5, 5.41) is 5.69. The van der Waals surface area contributed by atoms with Gasteiger partial charge in [-0.2, -0.15) is 5.10 Å². The zero-order valence-corrected chi connectivity index (χ0v) is 9.24. The van der Waals surface area contributed by atoms with E-state index >= 15 is 0 Å². The van der Waals surface area contributed by atoms with E-state index in [-0.39, 0.29) is 17.1 Å². The summed E-state index contributed by atoms with van der Waals surface area (Å²) in [6, 6.07) is 4.03. The van der Waals surface area contributed by atoms with Gasteiger partial charge in [-0.1, -0.05) is 17.7 Å². The zero-order valence-electron chi connectivity index (χ0n) is 8.48. The fourth-order valence-electron chi connectivity index (χ4n) is 1.34. The van der Waals surface area contributed by atoms with Crippen molar-refractivity contribution in [3.8, 4) is 0 Å². The van der Waals surface area contributed by atoms with Crippen molar-refractivity contribution < 1.29 is 4.39 Å². The number of rotatable bonds is 2. The van der Waals surface area contributed by atoms with Gasteiger partial charge in [-0.3, -0.25) is 9.36 Å². The molecule has 0 saturated carbocycles. The highest BCUT2D eigenvalue weighted by molar-refractivity contribution is 6.30. The average Bonchev–Trinajstić information content (AvgIpc) is 2.26. The Bertz CT molecular complexity index is 637. The van der Waals surface area contributed by atoms with Crippen LogP contribution < -0.4 is 11.2 Å². The van der Waals surface area contributed by atoms with E-state index in [0.29, 0.717) is 0 Å². The summed E-state index contributed by atoms with van der Waals surface area (Å²) in [5.74, 6) is -0.569. The van der Waals surface area contributed by atoms with Crippen LogP contribution in [0.5, 0.6) is 0 Å². The molecule has 0 fully saturated rings.